The fraction of sp³-hybridized carbons (Fsp3) is 0.500. The van der Waals surface area contributed by atoms with Crippen molar-refractivity contribution in [2.45, 2.75) is 31.6 Å². The average Bonchev–Trinajstić information content (AvgIpc) is 2.93. The Morgan fingerprint density at radius 2 is 1.96 bits per heavy atom. The molecule has 7 nitrogen and oxygen atoms in total. The van der Waals surface area contributed by atoms with Crippen molar-refractivity contribution in [3.8, 4) is 0 Å². The second-order valence-electron chi connectivity index (χ2n) is 5.35. The summed E-state index contributed by atoms with van der Waals surface area (Å²) in [5.41, 5.74) is 6.88. The van der Waals surface area contributed by atoms with Crippen molar-refractivity contribution in [3.63, 3.8) is 0 Å². The van der Waals surface area contributed by atoms with E-state index in [4.69, 9.17) is 10.5 Å². The minimum atomic E-state index is -3.28. The fourth-order valence-corrected chi connectivity index (χ4v) is 2.84. The molecule has 0 bridgehead atoms. The monoisotopic (exact) mass is 363 g/mol. The summed E-state index contributed by atoms with van der Waals surface area (Å²) in [6.45, 7) is 0.795. The highest BCUT2D eigenvalue weighted by molar-refractivity contribution is 7.92. The van der Waals surface area contributed by atoms with Crippen LogP contribution in [0.15, 0.2) is 24.3 Å². The van der Waals surface area contributed by atoms with Crippen LogP contribution in [0.5, 0.6) is 0 Å². The summed E-state index contributed by atoms with van der Waals surface area (Å²) in [6, 6.07) is 6.82. The van der Waals surface area contributed by atoms with Crippen LogP contribution in [-0.4, -0.2) is 39.3 Å². The molecule has 1 fully saturated rings. The standard InChI is InChI=1S/C14H21N3O4S.ClH/c1-22(19,20)17-11-4-2-10(3-5-11)9-16-14(18)13-7-6-12(8-15)21-13;/h2-5,12-13,17H,6-9,15H2,1H3,(H,16,18);1H/t12-,13+;/m1./s1. The maximum absolute atomic E-state index is 12.0. The van der Waals surface area contributed by atoms with E-state index in [9.17, 15) is 13.2 Å². The molecule has 9 heteroatoms. The lowest BCUT2D eigenvalue weighted by molar-refractivity contribution is -0.132. The number of carbonyl (C=O) groups is 1. The summed E-state index contributed by atoms with van der Waals surface area (Å²) in [5, 5.41) is 2.81. The number of ether oxygens (including phenoxy) is 1. The van der Waals surface area contributed by atoms with Gasteiger partial charge in [-0.25, -0.2) is 8.42 Å². The SMILES string of the molecule is CS(=O)(=O)Nc1ccc(CNC(=O)[C@@H]2CC[C@H](CN)O2)cc1.Cl. The van der Waals surface area contributed by atoms with Crippen molar-refractivity contribution in [2.75, 3.05) is 17.5 Å². The van der Waals surface area contributed by atoms with E-state index in [1.54, 1.807) is 24.3 Å². The topological polar surface area (TPSA) is 111 Å². The molecule has 0 radical (unpaired) electrons. The number of sulfonamides is 1. The van der Waals surface area contributed by atoms with Gasteiger partial charge in [0, 0.05) is 18.8 Å². The Hall–Kier alpha value is -1.35. The van der Waals surface area contributed by atoms with E-state index in [2.05, 4.69) is 10.0 Å². The Balaban J connectivity index is 0.00000264. The third-order valence-corrected chi connectivity index (χ3v) is 3.99. The predicted molar refractivity (Wildman–Crippen MR) is 91.0 cm³/mol. The van der Waals surface area contributed by atoms with Crippen LogP contribution >= 0.6 is 12.4 Å². The van der Waals surface area contributed by atoms with Crippen LogP contribution in [0.2, 0.25) is 0 Å². The number of hydrogen-bond donors (Lipinski definition) is 3. The lowest BCUT2D eigenvalue weighted by Gasteiger charge is -2.13. The van der Waals surface area contributed by atoms with E-state index in [0.717, 1.165) is 18.2 Å². The van der Waals surface area contributed by atoms with Gasteiger partial charge in [-0.3, -0.25) is 9.52 Å². The summed E-state index contributed by atoms with van der Waals surface area (Å²) >= 11 is 0. The first-order valence-corrected chi connectivity index (χ1v) is 8.96. The maximum Gasteiger partial charge on any atom is 0.249 e. The molecule has 1 aromatic carbocycles. The molecule has 1 aliphatic rings. The molecule has 4 N–H and O–H groups in total. The number of benzene rings is 1. The molecule has 2 rings (SSSR count). The zero-order chi connectivity index (χ0) is 16.2. The molecular formula is C14H22ClN3O4S. The molecule has 0 spiro atoms. The number of hydrogen-bond acceptors (Lipinski definition) is 5. The van der Waals surface area contributed by atoms with Gasteiger partial charge in [-0.05, 0) is 30.5 Å². The number of anilines is 1. The van der Waals surface area contributed by atoms with Gasteiger partial charge >= 0.3 is 0 Å². The molecule has 1 aromatic rings. The van der Waals surface area contributed by atoms with E-state index in [1.165, 1.54) is 0 Å². The van der Waals surface area contributed by atoms with Gasteiger partial charge in [0.1, 0.15) is 6.10 Å². The minimum absolute atomic E-state index is 0. The molecule has 1 aliphatic heterocycles. The third-order valence-electron chi connectivity index (χ3n) is 3.39. The molecular weight excluding hydrogens is 342 g/mol. The molecule has 2 atom stereocenters. The molecule has 1 heterocycles. The Bertz CT molecular complexity index is 621. The van der Waals surface area contributed by atoms with Gasteiger partial charge in [-0.15, -0.1) is 12.4 Å². The molecule has 0 unspecified atom stereocenters. The third kappa shape index (κ3) is 6.34. The smallest absolute Gasteiger partial charge is 0.249 e. The van der Waals surface area contributed by atoms with Gasteiger partial charge in [0.2, 0.25) is 15.9 Å². The van der Waals surface area contributed by atoms with Gasteiger partial charge < -0.3 is 15.8 Å². The Labute approximate surface area is 142 Å². The zero-order valence-corrected chi connectivity index (χ0v) is 14.5. The van der Waals surface area contributed by atoms with Crippen LogP contribution in [-0.2, 0) is 26.1 Å². The summed E-state index contributed by atoms with van der Waals surface area (Å²) in [6.07, 6.45) is 2.12. The highest BCUT2D eigenvalue weighted by atomic mass is 35.5. The van der Waals surface area contributed by atoms with Crippen molar-refractivity contribution in [1.29, 1.82) is 0 Å². The minimum Gasteiger partial charge on any atom is -0.364 e. The van der Waals surface area contributed by atoms with Crippen LogP contribution in [0, 0.1) is 0 Å². The van der Waals surface area contributed by atoms with Gasteiger partial charge in [0.05, 0.1) is 12.4 Å². The largest absolute Gasteiger partial charge is 0.364 e. The molecule has 0 saturated carbocycles. The number of carbonyl (C=O) groups excluding carboxylic acids is 1. The molecule has 1 amide bonds. The van der Waals surface area contributed by atoms with Crippen molar-refractivity contribution in [1.82, 2.24) is 5.32 Å². The zero-order valence-electron chi connectivity index (χ0n) is 12.8. The molecule has 0 aromatic heterocycles. The second kappa shape index (κ2) is 8.49. The molecule has 23 heavy (non-hydrogen) atoms. The van der Waals surface area contributed by atoms with Crippen LogP contribution in [0.1, 0.15) is 18.4 Å². The van der Waals surface area contributed by atoms with E-state index in [0.29, 0.717) is 25.2 Å². The number of nitrogens with two attached hydrogens (primary N) is 1. The molecule has 1 saturated heterocycles. The highest BCUT2D eigenvalue weighted by Gasteiger charge is 2.29. The van der Waals surface area contributed by atoms with Gasteiger partial charge in [-0.1, -0.05) is 12.1 Å². The van der Waals surface area contributed by atoms with Gasteiger partial charge in [0.15, 0.2) is 0 Å². The molecule has 0 aliphatic carbocycles. The first-order valence-electron chi connectivity index (χ1n) is 7.07. The van der Waals surface area contributed by atoms with Gasteiger partial charge in [0.25, 0.3) is 0 Å². The van der Waals surface area contributed by atoms with Crippen LogP contribution in [0.3, 0.4) is 0 Å². The summed E-state index contributed by atoms with van der Waals surface area (Å²) in [4.78, 5) is 12.0. The quantitative estimate of drug-likeness (QED) is 0.685. The van der Waals surface area contributed by atoms with Crippen LogP contribution in [0.25, 0.3) is 0 Å². The normalized spacial score (nSPS) is 20.6. The van der Waals surface area contributed by atoms with Crippen molar-refractivity contribution < 1.29 is 17.9 Å². The summed E-state index contributed by atoms with van der Waals surface area (Å²) in [7, 11) is -3.28. The van der Waals surface area contributed by atoms with Gasteiger partial charge in [-0.2, -0.15) is 0 Å². The van der Waals surface area contributed by atoms with Crippen molar-refractivity contribution >= 4 is 34.0 Å². The second-order valence-corrected chi connectivity index (χ2v) is 7.10. The Kier molecular flexibility index (Phi) is 7.27. The first kappa shape index (κ1) is 19.7. The number of halogens is 1. The van der Waals surface area contributed by atoms with E-state index < -0.39 is 16.1 Å². The van der Waals surface area contributed by atoms with E-state index in [-0.39, 0.29) is 24.4 Å². The highest BCUT2D eigenvalue weighted by Crippen LogP contribution is 2.19. The number of nitrogens with one attached hydrogen (secondary N) is 2. The van der Waals surface area contributed by atoms with Crippen LogP contribution < -0.4 is 15.8 Å². The summed E-state index contributed by atoms with van der Waals surface area (Å²) in [5.74, 6) is -0.144. The lowest BCUT2D eigenvalue weighted by Crippen LogP contribution is -2.35. The fourth-order valence-electron chi connectivity index (χ4n) is 2.28. The van der Waals surface area contributed by atoms with Crippen molar-refractivity contribution in [3.05, 3.63) is 29.8 Å². The van der Waals surface area contributed by atoms with Crippen LogP contribution in [0.4, 0.5) is 5.69 Å². The van der Waals surface area contributed by atoms with E-state index in [1.807, 2.05) is 0 Å². The van der Waals surface area contributed by atoms with E-state index >= 15 is 0 Å². The number of rotatable bonds is 6. The predicted octanol–water partition coefficient (Wildman–Crippen LogP) is 0.602. The Morgan fingerprint density at radius 1 is 1.30 bits per heavy atom. The van der Waals surface area contributed by atoms with Crippen molar-refractivity contribution in [2.24, 2.45) is 5.73 Å². The maximum atomic E-state index is 12.0. The lowest BCUT2D eigenvalue weighted by atomic mass is 10.1. The Morgan fingerprint density at radius 3 is 2.48 bits per heavy atom. The first-order chi connectivity index (χ1) is 10.4. The molecule has 130 valence electrons. The average molecular weight is 364 g/mol. The number of amides is 1. The summed E-state index contributed by atoms with van der Waals surface area (Å²) < 4.78 is 30.1.